The third kappa shape index (κ3) is 3.98. The van der Waals surface area contributed by atoms with E-state index in [9.17, 15) is 0 Å². The molecule has 0 saturated carbocycles. The van der Waals surface area contributed by atoms with Crippen molar-refractivity contribution in [2.24, 2.45) is 0 Å². The van der Waals surface area contributed by atoms with Crippen LogP contribution < -0.4 is 4.74 Å². The number of ether oxygens (including phenoxy) is 1. The monoisotopic (exact) mass is 277 g/mol. The maximum atomic E-state index is 5.29. The van der Waals surface area contributed by atoms with Gasteiger partial charge in [0.05, 0.1) is 7.11 Å². The summed E-state index contributed by atoms with van der Waals surface area (Å²) in [5, 5.41) is 0. The molecular formula is C16H20ClNO. The van der Waals surface area contributed by atoms with Crippen LogP contribution >= 0.6 is 12.4 Å². The molecule has 0 aromatic heterocycles. The van der Waals surface area contributed by atoms with Crippen LogP contribution in [-0.4, -0.2) is 26.1 Å². The molecule has 0 unspecified atom stereocenters. The van der Waals surface area contributed by atoms with E-state index >= 15 is 0 Å². The summed E-state index contributed by atoms with van der Waals surface area (Å²) < 4.78 is 5.29. The minimum absolute atomic E-state index is 0. The second-order valence-electron chi connectivity index (χ2n) is 4.63. The molecule has 0 amide bonds. The Hall–Kier alpha value is -1.51. The standard InChI is InChI=1S/C16H19NO.ClH/c1-17(2)12-14-7-4-5-10-16(14)13-8-6-9-15(11-13)18-3;/h4-11H,12H2,1-3H3;1H. The van der Waals surface area contributed by atoms with Gasteiger partial charge in [0.25, 0.3) is 0 Å². The number of methoxy groups -OCH3 is 1. The predicted octanol–water partition coefficient (Wildman–Crippen LogP) is 3.85. The van der Waals surface area contributed by atoms with Gasteiger partial charge in [-0.3, -0.25) is 0 Å². The Labute approximate surface area is 121 Å². The highest BCUT2D eigenvalue weighted by Crippen LogP contribution is 2.27. The van der Waals surface area contributed by atoms with E-state index in [1.165, 1.54) is 16.7 Å². The Morgan fingerprint density at radius 1 is 1.00 bits per heavy atom. The average Bonchev–Trinajstić information content (AvgIpc) is 2.39. The number of hydrogen-bond acceptors (Lipinski definition) is 2. The molecule has 0 aliphatic carbocycles. The van der Waals surface area contributed by atoms with Crippen molar-refractivity contribution in [2.45, 2.75) is 6.54 Å². The van der Waals surface area contributed by atoms with Crippen LogP contribution in [-0.2, 0) is 6.54 Å². The molecule has 2 rings (SSSR count). The van der Waals surface area contributed by atoms with Crippen molar-refractivity contribution in [2.75, 3.05) is 21.2 Å². The molecule has 0 bridgehead atoms. The highest BCUT2D eigenvalue weighted by Gasteiger charge is 2.06. The number of hydrogen-bond donors (Lipinski definition) is 0. The fourth-order valence-electron chi connectivity index (χ4n) is 2.07. The Morgan fingerprint density at radius 2 is 1.74 bits per heavy atom. The predicted molar refractivity (Wildman–Crippen MR) is 83.1 cm³/mol. The first-order chi connectivity index (χ1) is 8.70. The van der Waals surface area contributed by atoms with Gasteiger partial charge in [-0.25, -0.2) is 0 Å². The van der Waals surface area contributed by atoms with Gasteiger partial charge in [-0.15, -0.1) is 12.4 Å². The Balaban J connectivity index is 0.00000180. The lowest BCUT2D eigenvalue weighted by molar-refractivity contribution is 0.403. The van der Waals surface area contributed by atoms with Crippen LogP contribution in [0.5, 0.6) is 5.75 Å². The van der Waals surface area contributed by atoms with Gasteiger partial charge in [0, 0.05) is 6.54 Å². The van der Waals surface area contributed by atoms with Crippen LogP contribution in [0.25, 0.3) is 11.1 Å². The van der Waals surface area contributed by atoms with Gasteiger partial charge in [-0.2, -0.15) is 0 Å². The van der Waals surface area contributed by atoms with E-state index in [4.69, 9.17) is 4.74 Å². The summed E-state index contributed by atoms with van der Waals surface area (Å²) in [5.74, 6) is 0.896. The van der Waals surface area contributed by atoms with E-state index in [1.54, 1.807) is 7.11 Å². The van der Waals surface area contributed by atoms with Gasteiger partial charge < -0.3 is 9.64 Å². The van der Waals surface area contributed by atoms with Crippen LogP contribution in [0.2, 0.25) is 0 Å². The number of nitrogens with zero attached hydrogens (tertiary/aromatic N) is 1. The summed E-state index contributed by atoms with van der Waals surface area (Å²) in [5.41, 5.74) is 3.80. The van der Waals surface area contributed by atoms with E-state index < -0.39 is 0 Å². The van der Waals surface area contributed by atoms with Gasteiger partial charge in [0.15, 0.2) is 0 Å². The minimum Gasteiger partial charge on any atom is -0.497 e. The van der Waals surface area contributed by atoms with Gasteiger partial charge >= 0.3 is 0 Å². The van der Waals surface area contributed by atoms with Crippen molar-refractivity contribution < 1.29 is 4.74 Å². The molecule has 0 spiro atoms. The summed E-state index contributed by atoms with van der Waals surface area (Å²) in [6.07, 6.45) is 0. The van der Waals surface area contributed by atoms with Crippen LogP contribution in [0, 0.1) is 0 Å². The summed E-state index contributed by atoms with van der Waals surface area (Å²) in [7, 11) is 5.87. The number of halogens is 1. The first-order valence-corrected chi connectivity index (χ1v) is 6.08. The van der Waals surface area contributed by atoms with E-state index in [2.05, 4.69) is 55.4 Å². The molecule has 0 N–H and O–H groups in total. The molecule has 0 aliphatic heterocycles. The van der Waals surface area contributed by atoms with Crippen LogP contribution in [0.1, 0.15) is 5.56 Å². The molecule has 0 saturated heterocycles. The molecular weight excluding hydrogens is 258 g/mol. The number of benzene rings is 2. The zero-order valence-electron chi connectivity index (χ0n) is 11.6. The van der Waals surface area contributed by atoms with Crippen molar-refractivity contribution in [3.05, 3.63) is 54.1 Å². The Morgan fingerprint density at radius 3 is 2.42 bits per heavy atom. The average molecular weight is 278 g/mol. The summed E-state index contributed by atoms with van der Waals surface area (Å²) in [4.78, 5) is 2.18. The smallest absolute Gasteiger partial charge is 0.119 e. The molecule has 19 heavy (non-hydrogen) atoms. The highest BCUT2D eigenvalue weighted by molar-refractivity contribution is 5.85. The molecule has 0 heterocycles. The molecule has 2 aromatic carbocycles. The molecule has 2 aromatic rings. The topological polar surface area (TPSA) is 12.5 Å². The van der Waals surface area contributed by atoms with Crippen molar-refractivity contribution in [3.63, 3.8) is 0 Å². The molecule has 102 valence electrons. The van der Waals surface area contributed by atoms with Crippen LogP contribution in [0.3, 0.4) is 0 Å². The molecule has 0 aliphatic rings. The van der Waals surface area contributed by atoms with Crippen LogP contribution in [0.15, 0.2) is 48.5 Å². The van der Waals surface area contributed by atoms with E-state index in [-0.39, 0.29) is 12.4 Å². The summed E-state index contributed by atoms with van der Waals surface area (Å²) in [6.45, 7) is 0.938. The summed E-state index contributed by atoms with van der Waals surface area (Å²) in [6, 6.07) is 16.7. The number of rotatable bonds is 4. The second-order valence-corrected chi connectivity index (χ2v) is 4.63. The van der Waals surface area contributed by atoms with Gasteiger partial charge in [0.1, 0.15) is 5.75 Å². The van der Waals surface area contributed by atoms with Crippen molar-refractivity contribution in [3.8, 4) is 16.9 Å². The van der Waals surface area contributed by atoms with Crippen LogP contribution in [0.4, 0.5) is 0 Å². The fraction of sp³-hybridized carbons (Fsp3) is 0.250. The van der Waals surface area contributed by atoms with Crippen molar-refractivity contribution in [1.82, 2.24) is 4.90 Å². The van der Waals surface area contributed by atoms with E-state index in [0.717, 1.165) is 12.3 Å². The van der Waals surface area contributed by atoms with Gasteiger partial charge in [-0.05, 0) is 42.9 Å². The first kappa shape index (κ1) is 15.5. The van der Waals surface area contributed by atoms with E-state index in [1.807, 2.05) is 12.1 Å². The maximum absolute atomic E-state index is 5.29. The highest BCUT2D eigenvalue weighted by atomic mass is 35.5. The lowest BCUT2D eigenvalue weighted by atomic mass is 9.99. The minimum atomic E-state index is 0. The molecule has 3 heteroatoms. The largest absolute Gasteiger partial charge is 0.497 e. The quantitative estimate of drug-likeness (QED) is 0.842. The zero-order valence-corrected chi connectivity index (χ0v) is 12.4. The summed E-state index contributed by atoms with van der Waals surface area (Å²) >= 11 is 0. The van der Waals surface area contributed by atoms with Crippen molar-refractivity contribution >= 4 is 12.4 Å². The Bertz CT molecular complexity index is 526. The normalized spacial score (nSPS) is 10.1. The third-order valence-electron chi connectivity index (χ3n) is 2.88. The Kier molecular flexibility index (Phi) is 5.87. The zero-order chi connectivity index (χ0) is 13.0. The first-order valence-electron chi connectivity index (χ1n) is 6.08. The maximum Gasteiger partial charge on any atom is 0.119 e. The third-order valence-corrected chi connectivity index (χ3v) is 2.88. The molecule has 0 fully saturated rings. The SMILES string of the molecule is COc1cccc(-c2ccccc2CN(C)C)c1.Cl. The lowest BCUT2D eigenvalue weighted by Gasteiger charge is -2.14. The van der Waals surface area contributed by atoms with E-state index in [0.29, 0.717) is 0 Å². The molecule has 0 atom stereocenters. The molecule has 2 nitrogen and oxygen atoms in total. The van der Waals surface area contributed by atoms with Gasteiger partial charge in [0.2, 0.25) is 0 Å². The second kappa shape index (κ2) is 7.17. The van der Waals surface area contributed by atoms with Crippen molar-refractivity contribution in [1.29, 1.82) is 0 Å². The fourth-order valence-corrected chi connectivity index (χ4v) is 2.07. The molecule has 0 radical (unpaired) electrons. The lowest BCUT2D eigenvalue weighted by Crippen LogP contribution is -2.11. The van der Waals surface area contributed by atoms with Gasteiger partial charge in [-0.1, -0.05) is 36.4 Å².